The van der Waals surface area contributed by atoms with Crippen molar-refractivity contribution in [1.82, 2.24) is 9.62 Å². The van der Waals surface area contributed by atoms with Crippen LogP contribution in [0.3, 0.4) is 0 Å². The third-order valence-corrected chi connectivity index (χ3v) is 10.6. The molecule has 1 atom stereocenters. The van der Waals surface area contributed by atoms with Gasteiger partial charge in [0.15, 0.2) is 22.0 Å². The highest BCUT2D eigenvalue weighted by Crippen LogP contribution is 2.37. The Balaban J connectivity index is 1.06. The van der Waals surface area contributed by atoms with Gasteiger partial charge < -0.3 is 14.8 Å². The molecule has 8 nitrogen and oxygen atoms in total. The van der Waals surface area contributed by atoms with E-state index in [1.165, 1.54) is 0 Å². The zero-order valence-corrected chi connectivity index (χ0v) is 25.2. The number of halogens is 2. The number of hydrogen-bond donors (Lipinski definition) is 2. The number of phenolic OH excluding ortho intramolecular Hbond substituents is 1. The van der Waals surface area contributed by atoms with Crippen LogP contribution in [0.1, 0.15) is 74.6 Å². The average molecular weight is 615 g/mol. The maximum absolute atomic E-state index is 13.9. The average Bonchev–Trinajstić information content (AvgIpc) is 3.01. The first-order valence-corrected chi connectivity index (χ1v) is 16.2. The number of carbonyl (C=O) groups excluding carboxylic acids is 1. The fraction of sp³-hybridized carbons (Fsp3) is 0.438. The summed E-state index contributed by atoms with van der Waals surface area (Å²) < 4.78 is 49.9. The van der Waals surface area contributed by atoms with E-state index in [1.807, 2.05) is 39.6 Å². The Hall–Kier alpha value is -3.75. The van der Waals surface area contributed by atoms with Crippen molar-refractivity contribution in [3.05, 3.63) is 64.0 Å². The minimum atomic E-state index is -2.43. The van der Waals surface area contributed by atoms with Crippen LogP contribution in [0.5, 0.6) is 5.75 Å². The number of unbranched alkanes of at least 4 members (excludes halogenated alkanes) is 9. The van der Waals surface area contributed by atoms with E-state index in [1.54, 1.807) is 0 Å². The van der Waals surface area contributed by atoms with Crippen LogP contribution in [-0.4, -0.2) is 50.2 Å². The van der Waals surface area contributed by atoms with Gasteiger partial charge in [0.2, 0.25) is 11.5 Å². The van der Waals surface area contributed by atoms with E-state index in [-0.39, 0.29) is 10.9 Å². The molecule has 2 heterocycles. The predicted molar refractivity (Wildman–Crippen MR) is 162 cm³/mol. The van der Waals surface area contributed by atoms with Gasteiger partial charge in [0.05, 0.1) is 6.54 Å². The van der Waals surface area contributed by atoms with Crippen molar-refractivity contribution in [2.45, 2.75) is 69.1 Å². The summed E-state index contributed by atoms with van der Waals surface area (Å²) in [5.74, 6) is -1.85. The molecule has 2 aromatic carbocycles. The van der Waals surface area contributed by atoms with Gasteiger partial charge >= 0.3 is 5.63 Å². The minimum Gasteiger partial charge on any atom is -0.503 e. The lowest BCUT2D eigenvalue weighted by Gasteiger charge is -2.28. The topological polar surface area (TPSA) is 103 Å². The van der Waals surface area contributed by atoms with Gasteiger partial charge in [0, 0.05) is 24.5 Å². The number of nitrogens with zero attached hydrogens (tertiary/aromatic N) is 2. The molecule has 1 aliphatic rings. The van der Waals surface area contributed by atoms with Crippen molar-refractivity contribution in [1.29, 1.82) is 0 Å². The molecule has 1 aliphatic heterocycles. The van der Waals surface area contributed by atoms with E-state index < -0.39 is 44.4 Å². The summed E-state index contributed by atoms with van der Waals surface area (Å²) in [5.41, 5.74) is -1.02. The Morgan fingerprint density at radius 3 is 2.35 bits per heavy atom. The van der Waals surface area contributed by atoms with Crippen molar-refractivity contribution in [3.63, 3.8) is 0 Å². The number of rotatable bonds is 16. The van der Waals surface area contributed by atoms with E-state index in [0.717, 1.165) is 86.9 Å². The first-order valence-electron chi connectivity index (χ1n) is 14.7. The van der Waals surface area contributed by atoms with Crippen LogP contribution in [0.15, 0.2) is 50.5 Å². The van der Waals surface area contributed by atoms with E-state index >= 15 is 0 Å². The van der Waals surface area contributed by atoms with Crippen LogP contribution < -0.4 is 10.9 Å². The second kappa shape index (κ2) is 14.6. The zero-order chi connectivity index (χ0) is 31.0. The molecule has 230 valence electrons. The number of amides is 1. The fourth-order valence-electron chi connectivity index (χ4n) is 5.35. The lowest BCUT2D eigenvalue weighted by Crippen LogP contribution is -2.41. The van der Waals surface area contributed by atoms with Gasteiger partial charge in [0.25, 0.3) is 15.8 Å². The molecular weight excluding hydrogens is 576 g/mol. The Bertz CT molecular complexity index is 1710. The summed E-state index contributed by atoms with van der Waals surface area (Å²) >= 11 is 0. The molecule has 43 heavy (non-hydrogen) atoms. The number of phenols is 1. The first kappa shape index (κ1) is 32.2. The fourth-order valence-corrected chi connectivity index (χ4v) is 7.93. The standard InChI is InChI=1S/C32H37F2N3O5S/c1-3-19-37(43(41)27-17-13-12-16-26(27)36(43)2)20-15-11-9-7-5-4-6-8-10-14-18-35-31(39)24-21-23-22-25(33)29(38)28(34)30(23)42-32(24)40/h1,12-13,16-17,21-22H,4-11,14-15,18-20H2,2H3,(H-,35,38,39,40)/p+1. The molecule has 0 aliphatic carbocycles. The SMILES string of the molecule is C#CCN(CCCCCCCCCCCCNC(=O)c1cc2cc(F)c(O)c(F)c2oc1=O)S1(=O)=[N+](C)c2ccccc21. The number of hydrogen-bond acceptors (Lipinski definition) is 5. The molecule has 1 unspecified atom stereocenters. The zero-order valence-electron chi connectivity index (χ0n) is 24.4. The Morgan fingerprint density at radius 1 is 1.05 bits per heavy atom. The number of nitrogens with one attached hydrogen (secondary N) is 1. The lowest BCUT2D eigenvalue weighted by molar-refractivity contribution is -0.399. The highest BCUT2D eigenvalue weighted by molar-refractivity contribution is 7.90. The van der Waals surface area contributed by atoms with Crippen molar-refractivity contribution in [2.75, 3.05) is 26.7 Å². The summed E-state index contributed by atoms with van der Waals surface area (Å²) in [6.07, 6.45) is 15.9. The third-order valence-electron chi connectivity index (χ3n) is 7.74. The van der Waals surface area contributed by atoms with Gasteiger partial charge in [-0.25, -0.2) is 9.18 Å². The molecule has 0 bridgehead atoms. The first-order chi connectivity index (χ1) is 20.7. The predicted octanol–water partition coefficient (Wildman–Crippen LogP) is 6.07. The minimum absolute atomic E-state index is 0.132. The molecule has 0 saturated carbocycles. The quantitative estimate of drug-likeness (QED) is 0.0882. The molecule has 0 saturated heterocycles. The van der Waals surface area contributed by atoms with E-state index in [2.05, 4.69) is 11.2 Å². The molecule has 1 aromatic heterocycles. The molecule has 4 rings (SSSR count). The molecule has 3 aromatic rings. The summed E-state index contributed by atoms with van der Waals surface area (Å²) in [5, 5.41) is 11.9. The van der Waals surface area contributed by atoms with Crippen LogP contribution >= 0.6 is 0 Å². The lowest BCUT2D eigenvalue weighted by atomic mass is 10.1. The largest absolute Gasteiger partial charge is 0.503 e. The van der Waals surface area contributed by atoms with Gasteiger partial charge in [-0.1, -0.05) is 69.4 Å². The molecule has 0 spiro atoms. The van der Waals surface area contributed by atoms with Crippen molar-refractivity contribution in [2.24, 2.45) is 0 Å². The smallest absolute Gasteiger partial charge is 0.349 e. The highest BCUT2D eigenvalue weighted by Gasteiger charge is 2.43. The van der Waals surface area contributed by atoms with Gasteiger partial charge in [-0.3, -0.25) is 4.79 Å². The van der Waals surface area contributed by atoms with Gasteiger partial charge in [-0.2, -0.15) is 12.9 Å². The molecule has 11 heteroatoms. The second-order valence-corrected chi connectivity index (χ2v) is 13.2. The summed E-state index contributed by atoms with van der Waals surface area (Å²) in [6.45, 7) is 1.42. The van der Waals surface area contributed by atoms with E-state index in [0.29, 0.717) is 19.6 Å². The van der Waals surface area contributed by atoms with Crippen molar-refractivity contribution in [3.8, 4) is 18.1 Å². The van der Waals surface area contributed by atoms with Crippen LogP contribution in [0, 0.1) is 24.0 Å². The number of aromatic hydroxyl groups is 1. The Kier molecular flexibility index (Phi) is 10.9. The number of carbonyl (C=O) groups is 1. The summed E-state index contributed by atoms with van der Waals surface area (Å²) in [7, 11) is -0.567. The number of para-hydroxylation sites is 1. The molecule has 0 fully saturated rings. The molecule has 2 N–H and O–H groups in total. The molecule has 0 radical (unpaired) electrons. The van der Waals surface area contributed by atoms with Crippen molar-refractivity contribution < 1.29 is 31.3 Å². The summed E-state index contributed by atoms with van der Waals surface area (Å²) in [4.78, 5) is 25.4. The second-order valence-electron chi connectivity index (χ2n) is 10.7. The number of fused-ring (bicyclic) bond motifs is 2. The highest BCUT2D eigenvalue weighted by atomic mass is 32.2. The van der Waals surface area contributed by atoms with Crippen LogP contribution in [-0.2, 0) is 9.92 Å². The monoisotopic (exact) mass is 614 g/mol. The van der Waals surface area contributed by atoms with Gasteiger partial charge in [-0.05, 0) is 31.0 Å². The summed E-state index contributed by atoms with van der Waals surface area (Å²) in [6, 6.07) is 9.62. The Morgan fingerprint density at radius 2 is 1.67 bits per heavy atom. The van der Waals surface area contributed by atoms with Gasteiger partial charge in [-0.15, -0.1) is 10.4 Å². The number of benzene rings is 2. The maximum atomic E-state index is 13.9. The Labute approximate surface area is 251 Å². The van der Waals surface area contributed by atoms with Crippen LogP contribution in [0.2, 0.25) is 0 Å². The molecular formula is C32H38F2N3O5S+. The van der Waals surface area contributed by atoms with Crippen LogP contribution in [0.4, 0.5) is 14.5 Å². The molecule has 1 amide bonds. The number of terminal acetylenes is 1. The van der Waals surface area contributed by atoms with E-state index in [4.69, 9.17) is 10.8 Å². The normalized spacial score (nSPS) is 15.7. The maximum Gasteiger partial charge on any atom is 0.349 e. The van der Waals surface area contributed by atoms with Gasteiger partial charge in [0.1, 0.15) is 12.6 Å². The van der Waals surface area contributed by atoms with E-state index in [9.17, 15) is 27.7 Å². The van der Waals surface area contributed by atoms with Crippen LogP contribution in [0.25, 0.3) is 11.0 Å². The van der Waals surface area contributed by atoms with Crippen molar-refractivity contribution >= 4 is 32.5 Å². The third kappa shape index (κ3) is 7.08.